The zero-order valence-electron chi connectivity index (χ0n) is 14.3. The number of hydrogen-bond donors (Lipinski definition) is 2. The predicted molar refractivity (Wildman–Crippen MR) is 91.6 cm³/mol. The smallest absolute Gasteiger partial charge is 0.329 e. The highest BCUT2D eigenvalue weighted by Gasteiger charge is 2.24. The molecule has 2 N–H and O–H groups in total. The van der Waals surface area contributed by atoms with Crippen molar-refractivity contribution in [3.05, 3.63) is 20.8 Å². The summed E-state index contributed by atoms with van der Waals surface area (Å²) in [5.41, 5.74) is -0.292. The van der Waals surface area contributed by atoms with E-state index in [-0.39, 0.29) is 6.54 Å². The van der Waals surface area contributed by atoms with Crippen LogP contribution in [0.2, 0.25) is 0 Å². The first-order chi connectivity index (χ1) is 11.4. The Hall–Kier alpha value is -2.13. The number of aliphatic hydroxyl groups excluding tert-OH is 1. The largest absolute Gasteiger partial charge is 0.392 e. The molecule has 2 aromatic rings. The van der Waals surface area contributed by atoms with Crippen LogP contribution in [0.3, 0.4) is 0 Å². The Kier molecular flexibility index (Phi) is 4.46. The minimum absolute atomic E-state index is 0.251. The van der Waals surface area contributed by atoms with Gasteiger partial charge in [-0.2, -0.15) is 4.98 Å². The molecule has 0 saturated carbocycles. The van der Waals surface area contributed by atoms with Crippen LogP contribution in [0.15, 0.2) is 9.59 Å². The minimum Gasteiger partial charge on any atom is -0.392 e. The van der Waals surface area contributed by atoms with Crippen molar-refractivity contribution in [2.45, 2.75) is 26.5 Å². The molecule has 0 amide bonds. The monoisotopic (exact) mass is 336 g/mol. The molecule has 0 radical (unpaired) electrons. The minimum atomic E-state index is -0.630. The van der Waals surface area contributed by atoms with E-state index in [0.717, 1.165) is 32.7 Å². The first-order valence-electron chi connectivity index (χ1n) is 8.27. The maximum Gasteiger partial charge on any atom is 0.329 e. The number of hydrogen-bond acceptors (Lipinski definition) is 6. The van der Waals surface area contributed by atoms with Crippen molar-refractivity contribution in [3.8, 4) is 0 Å². The van der Waals surface area contributed by atoms with E-state index in [9.17, 15) is 14.7 Å². The molecule has 1 aliphatic heterocycles. The molecule has 2 aromatic heterocycles. The van der Waals surface area contributed by atoms with Crippen LogP contribution in [0, 0.1) is 0 Å². The summed E-state index contributed by atoms with van der Waals surface area (Å²) in [5, 5.41) is 9.85. The van der Waals surface area contributed by atoms with Crippen LogP contribution < -0.4 is 16.1 Å². The van der Waals surface area contributed by atoms with Gasteiger partial charge in [0.05, 0.1) is 12.6 Å². The van der Waals surface area contributed by atoms with Gasteiger partial charge in [-0.25, -0.2) is 4.79 Å². The molecule has 0 aliphatic carbocycles. The maximum atomic E-state index is 12.3. The number of aromatic nitrogens is 4. The second-order valence-electron chi connectivity index (χ2n) is 6.28. The normalized spacial score (nSPS) is 17.6. The lowest BCUT2D eigenvalue weighted by atomic mass is 10.3. The second-order valence-corrected chi connectivity index (χ2v) is 6.28. The van der Waals surface area contributed by atoms with E-state index in [1.807, 2.05) is 0 Å². The molecule has 1 aliphatic rings. The van der Waals surface area contributed by atoms with Crippen LogP contribution in [-0.2, 0) is 13.6 Å². The number of imidazole rings is 1. The number of fused-ring (bicyclic) bond motifs is 1. The molecular formula is C15H24N6O3. The Balaban J connectivity index is 2.13. The predicted octanol–water partition coefficient (Wildman–Crippen LogP) is -1.05. The van der Waals surface area contributed by atoms with Gasteiger partial charge in [0.25, 0.3) is 5.56 Å². The number of aromatic amines is 1. The standard InChI is InChI=1S/C15H24N6O3/c1-4-19-5-7-20(8-6-19)14-16-12-11(21(14)9-10(2)22)13(23)17-15(24)18(12)3/h10,22H,4-9H2,1-3H3,(H,17,23,24). The third kappa shape index (κ3) is 2.84. The van der Waals surface area contributed by atoms with Crippen LogP contribution in [0.4, 0.5) is 5.95 Å². The Labute approximate surface area is 139 Å². The van der Waals surface area contributed by atoms with E-state index in [0.29, 0.717) is 17.1 Å². The lowest BCUT2D eigenvalue weighted by Gasteiger charge is -2.34. The fourth-order valence-corrected chi connectivity index (χ4v) is 3.17. The van der Waals surface area contributed by atoms with Crippen LogP contribution >= 0.6 is 0 Å². The van der Waals surface area contributed by atoms with Crippen LogP contribution in [0.5, 0.6) is 0 Å². The molecule has 3 heterocycles. The van der Waals surface area contributed by atoms with Crippen molar-refractivity contribution in [1.29, 1.82) is 0 Å². The Morgan fingerprint density at radius 3 is 2.50 bits per heavy atom. The number of rotatable bonds is 4. The van der Waals surface area contributed by atoms with E-state index in [4.69, 9.17) is 0 Å². The van der Waals surface area contributed by atoms with Gasteiger partial charge in [-0.3, -0.25) is 14.3 Å². The van der Waals surface area contributed by atoms with E-state index < -0.39 is 17.4 Å². The summed E-state index contributed by atoms with van der Waals surface area (Å²) in [6.07, 6.45) is -0.630. The zero-order chi connectivity index (χ0) is 17.4. The Bertz CT molecular complexity index is 841. The summed E-state index contributed by atoms with van der Waals surface area (Å²) in [5.74, 6) is 0.633. The summed E-state index contributed by atoms with van der Waals surface area (Å²) in [7, 11) is 1.58. The van der Waals surface area contributed by atoms with Crippen molar-refractivity contribution < 1.29 is 5.11 Å². The maximum absolute atomic E-state index is 12.3. The molecule has 1 unspecified atom stereocenters. The Morgan fingerprint density at radius 2 is 1.92 bits per heavy atom. The van der Waals surface area contributed by atoms with Gasteiger partial charge in [0.15, 0.2) is 11.2 Å². The van der Waals surface area contributed by atoms with Gasteiger partial charge < -0.3 is 19.5 Å². The molecule has 0 bridgehead atoms. The molecule has 132 valence electrons. The van der Waals surface area contributed by atoms with Crippen molar-refractivity contribution in [1.82, 2.24) is 24.0 Å². The van der Waals surface area contributed by atoms with Gasteiger partial charge in [-0.1, -0.05) is 6.92 Å². The van der Waals surface area contributed by atoms with Gasteiger partial charge in [0.1, 0.15) is 0 Å². The van der Waals surface area contributed by atoms with E-state index in [1.165, 1.54) is 4.57 Å². The van der Waals surface area contributed by atoms with Crippen molar-refractivity contribution in [2.24, 2.45) is 7.05 Å². The van der Waals surface area contributed by atoms with Crippen LogP contribution in [-0.4, -0.2) is 67.9 Å². The molecule has 9 heteroatoms. The van der Waals surface area contributed by atoms with Crippen molar-refractivity contribution in [3.63, 3.8) is 0 Å². The van der Waals surface area contributed by atoms with E-state index >= 15 is 0 Å². The topological polar surface area (TPSA) is 99.4 Å². The average molecular weight is 336 g/mol. The molecule has 0 spiro atoms. The van der Waals surface area contributed by atoms with Crippen LogP contribution in [0.1, 0.15) is 13.8 Å². The van der Waals surface area contributed by atoms with Gasteiger partial charge in [-0.05, 0) is 13.5 Å². The highest BCUT2D eigenvalue weighted by atomic mass is 16.3. The molecule has 0 aromatic carbocycles. The molecule has 1 fully saturated rings. The van der Waals surface area contributed by atoms with Crippen molar-refractivity contribution in [2.75, 3.05) is 37.6 Å². The van der Waals surface area contributed by atoms with Gasteiger partial charge in [-0.15, -0.1) is 0 Å². The van der Waals surface area contributed by atoms with E-state index in [1.54, 1.807) is 18.5 Å². The highest BCUT2D eigenvalue weighted by Crippen LogP contribution is 2.21. The summed E-state index contributed by atoms with van der Waals surface area (Å²) in [6, 6.07) is 0. The lowest BCUT2D eigenvalue weighted by molar-refractivity contribution is 0.175. The number of aliphatic hydroxyl groups is 1. The molecule has 3 rings (SSSR count). The van der Waals surface area contributed by atoms with Gasteiger partial charge in [0, 0.05) is 33.2 Å². The number of nitrogens with one attached hydrogen (secondary N) is 1. The fraction of sp³-hybridized carbons (Fsp3) is 0.667. The molecule has 1 saturated heterocycles. The first-order valence-corrected chi connectivity index (χ1v) is 8.27. The SMILES string of the molecule is CCN1CCN(c2nc3c(c(=O)[nH]c(=O)n3C)n2CC(C)O)CC1. The molecule has 9 nitrogen and oxygen atoms in total. The lowest BCUT2D eigenvalue weighted by Crippen LogP contribution is -2.47. The number of piperazine rings is 1. The Morgan fingerprint density at radius 1 is 1.25 bits per heavy atom. The third-order valence-corrected chi connectivity index (χ3v) is 4.54. The fourth-order valence-electron chi connectivity index (χ4n) is 3.17. The summed E-state index contributed by atoms with van der Waals surface area (Å²) >= 11 is 0. The summed E-state index contributed by atoms with van der Waals surface area (Å²) in [6.45, 7) is 8.49. The summed E-state index contributed by atoms with van der Waals surface area (Å²) in [4.78, 5) is 35.5. The molecule has 24 heavy (non-hydrogen) atoms. The van der Waals surface area contributed by atoms with Gasteiger partial charge >= 0.3 is 5.69 Å². The van der Waals surface area contributed by atoms with E-state index in [2.05, 4.69) is 26.7 Å². The second kappa shape index (κ2) is 6.40. The average Bonchev–Trinajstić information content (AvgIpc) is 2.92. The molecular weight excluding hydrogens is 312 g/mol. The first kappa shape index (κ1) is 16.7. The third-order valence-electron chi connectivity index (χ3n) is 4.54. The van der Waals surface area contributed by atoms with Crippen molar-refractivity contribution >= 4 is 17.1 Å². The number of anilines is 1. The number of aryl methyl sites for hydroxylation is 1. The summed E-state index contributed by atoms with van der Waals surface area (Å²) < 4.78 is 3.06. The number of H-pyrrole nitrogens is 1. The number of likely N-dealkylation sites (N-methyl/N-ethyl adjacent to an activating group) is 1. The highest BCUT2D eigenvalue weighted by molar-refractivity contribution is 5.74. The quantitative estimate of drug-likeness (QED) is 0.739. The number of nitrogens with zero attached hydrogens (tertiary/aromatic N) is 5. The zero-order valence-corrected chi connectivity index (χ0v) is 14.3. The molecule has 1 atom stereocenters. The van der Waals surface area contributed by atoms with Crippen LogP contribution in [0.25, 0.3) is 11.2 Å². The van der Waals surface area contributed by atoms with Gasteiger partial charge in [0.2, 0.25) is 5.95 Å².